The molecule has 0 heterocycles. The minimum Gasteiger partial charge on any atom is -0.252 e. The van der Waals surface area contributed by atoms with E-state index in [1.807, 2.05) is 0 Å². The summed E-state index contributed by atoms with van der Waals surface area (Å²) in [5.74, 6) is 0. The molecule has 0 saturated carbocycles. The zero-order valence-electron chi connectivity index (χ0n) is 52.1. The highest BCUT2D eigenvalue weighted by Gasteiger charge is 2.12. The first-order valence-electron chi connectivity index (χ1n) is 35.0. The van der Waals surface area contributed by atoms with Gasteiger partial charge >= 0.3 is 0 Å². The molecular weight excluding hydrogens is 917 g/mol. The molecule has 0 aliphatic rings. The molecule has 0 bridgehead atoms. The van der Waals surface area contributed by atoms with Gasteiger partial charge in [0, 0.05) is 0 Å². The monoisotopic (exact) mass is 1050 g/mol. The Kier molecular flexibility index (Phi) is 51.6. The predicted octanol–water partition coefficient (Wildman–Crippen LogP) is 26.8. The molecule has 0 atom stereocenters. The maximum atomic E-state index is 5.40. The van der Waals surface area contributed by atoms with Crippen LogP contribution >= 0.6 is 0 Å². The minimum atomic E-state index is 1.00. The van der Waals surface area contributed by atoms with Gasteiger partial charge in [-0.3, -0.25) is 9.98 Å². The van der Waals surface area contributed by atoms with Crippen molar-refractivity contribution in [3.05, 3.63) is 59.7 Å². The van der Waals surface area contributed by atoms with Crippen LogP contribution in [0, 0.1) is 0 Å². The molecular formula is C74H132N2. The van der Waals surface area contributed by atoms with Crippen LogP contribution in [0.1, 0.15) is 386 Å². The highest BCUT2D eigenvalue weighted by molar-refractivity contribution is 6.43. The van der Waals surface area contributed by atoms with Crippen LogP contribution in [0.3, 0.4) is 0 Å². The predicted molar refractivity (Wildman–Crippen MR) is 346 cm³/mol. The van der Waals surface area contributed by atoms with Gasteiger partial charge in [0.15, 0.2) is 0 Å². The number of rotatable bonds is 59. The molecule has 0 aromatic heterocycles. The molecule has 2 aromatic rings. The van der Waals surface area contributed by atoms with Crippen molar-refractivity contribution >= 4 is 22.8 Å². The van der Waals surface area contributed by atoms with Crippen molar-refractivity contribution in [1.29, 1.82) is 0 Å². The molecule has 2 heteroatoms. The van der Waals surface area contributed by atoms with E-state index in [1.54, 1.807) is 0 Å². The molecule has 2 rings (SSSR count). The van der Waals surface area contributed by atoms with Crippen molar-refractivity contribution in [3.8, 4) is 0 Å². The Labute approximate surface area is 477 Å². The van der Waals surface area contributed by atoms with Crippen molar-refractivity contribution < 1.29 is 0 Å². The van der Waals surface area contributed by atoms with Crippen LogP contribution in [-0.4, -0.2) is 11.4 Å². The van der Waals surface area contributed by atoms with Gasteiger partial charge in [0.2, 0.25) is 0 Å². The van der Waals surface area contributed by atoms with Gasteiger partial charge in [-0.2, -0.15) is 0 Å². The molecule has 0 aliphatic heterocycles. The molecule has 0 spiro atoms. The van der Waals surface area contributed by atoms with Gasteiger partial charge in [0.05, 0.1) is 22.8 Å². The number of aliphatic imine (C=N–C) groups is 2. The van der Waals surface area contributed by atoms with E-state index in [9.17, 15) is 0 Å². The van der Waals surface area contributed by atoms with Crippen molar-refractivity contribution in [3.63, 3.8) is 0 Å². The number of benzene rings is 2. The van der Waals surface area contributed by atoms with Crippen molar-refractivity contribution in [2.75, 3.05) is 0 Å². The van der Waals surface area contributed by atoms with Gasteiger partial charge in [-0.05, 0) is 86.8 Å². The first-order chi connectivity index (χ1) is 37.7. The number of nitrogens with zero attached hydrogens (tertiary/aromatic N) is 2. The third-order valence-electron chi connectivity index (χ3n) is 16.9. The second-order valence-electron chi connectivity index (χ2n) is 24.4. The Balaban J connectivity index is 1.65. The Morgan fingerprint density at radius 2 is 0.395 bits per heavy atom. The van der Waals surface area contributed by atoms with Gasteiger partial charge in [0.1, 0.15) is 0 Å². The van der Waals surface area contributed by atoms with E-state index in [0.29, 0.717) is 0 Å². The third kappa shape index (κ3) is 44.6. The van der Waals surface area contributed by atoms with Crippen LogP contribution in [0.4, 0.5) is 11.4 Å². The van der Waals surface area contributed by atoms with Crippen LogP contribution in [-0.2, 0) is 12.8 Å². The molecule has 0 aliphatic carbocycles. The Hall–Kier alpha value is -2.22. The van der Waals surface area contributed by atoms with Crippen LogP contribution in [0.2, 0.25) is 0 Å². The summed E-state index contributed by atoms with van der Waals surface area (Å²) >= 11 is 0. The fourth-order valence-electron chi connectivity index (χ4n) is 11.6. The first kappa shape index (κ1) is 69.9. The van der Waals surface area contributed by atoms with E-state index in [2.05, 4.69) is 76.2 Å². The quantitative estimate of drug-likeness (QED) is 0.0466. The summed E-state index contributed by atoms with van der Waals surface area (Å²) in [7, 11) is 0. The van der Waals surface area contributed by atoms with E-state index in [1.165, 1.54) is 363 Å². The summed E-state index contributed by atoms with van der Waals surface area (Å²) in [5, 5.41) is 0. The lowest BCUT2D eigenvalue weighted by molar-refractivity contribution is 0.519. The molecule has 0 radical (unpaired) electrons. The fourth-order valence-corrected chi connectivity index (χ4v) is 11.6. The van der Waals surface area contributed by atoms with E-state index in [-0.39, 0.29) is 0 Å². The summed E-state index contributed by atoms with van der Waals surface area (Å²) in [5.41, 5.74) is 7.54. The van der Waals surface area contributed by atoms with E-state index in [4.69, 9.17) is 9.98 Å². The van der Waals surface area contributed by atoms with E-state index < -0.39 is 0 Å². The van der Waals surface area contributed by atoms with Crippen LogP contribution < -0.4 is 0 Å². The maximum Gasteiger partial charge on any atom is 0.0633 e. The van der Waals surface area contributed by atoms with Crippen LogP contribution in [0.15, 0.2) is 58.5 Å². The van der Waals surface area contributed by atoms with Gasteiger partial charge in [0.25, 0.3) is 0 Å². The number of hydrogen-bond donors (Lipinski definition) is 0. The summed E-state index contributed by atoms with van der Waals surface area (Å²) in [4.78, 5) is 10.8. The summed E-state index contributed by atoms with van der Waals surface area (Å²) in [6, 6.07) is 18.5. The van der Waals surface area contributed by atoms with Crippen molar-refractivity contribution in [2.45, 2.75) is 387 Å². The first-order valence-corrected chi connectivity index (χ1v) is 35.0. The van der Waals surface area contributed by atoms with Gasteiger partial charge in [-0.15, -0.1) is 0 Å². The van der Waals surface area contributed by atoms with E-state index >= 15 is 0 Å². The summed E-state index contributed by atoms with van der Waals surface area (Å²) in [6.45, 7) is 9.24. The molecule has 0 N–H and O–H groups in total. The van der Waals surface area contributed by atoms with Crippen LogP contribution in [0.25, 0.3) is 0 Å². The fraction of sp³-hybridized carbons (Fsp3) is 0.811. The minimum absolute atomic E-state index is 1.00. The van der Waals surface area contributed by atoms with Gasteiger partial charge in [-0.1, -0.05) is 360 Å². The van der Waals surface area contributed by atoms with Gasteiger partial charge in [-0.25, -0.2) is 0 Å². The SMILES string of the molecule is CCCCCCCCCCCCCCCCCCCCCCCCc1ccc(N=C(CCCC)C(CCCCCCCC)=Nc2ccc(CCCCCCCCCCCCCCCCCCCCCCCC)cc2)cc1. The topological polar surface area (TPSA) is 24.7 Å². The maximum absolute atomic E-state index is 5.40. The van der Waals surface area contributed by atoms with Gasteiger partial charge < -0.3 is 0 Å². The second kappa shape index (κ2) is 56.1. The Bertz CT molecular complexity index is 1520. The van der Waals surface area contributed by atoms with Crippen molar-refractivity contribution in [1.82, 2.24) is 0 Å². The standard InChI is InChI=1S/C74H132N2/c1-5-9-13-16-19-21-23-25-27-29-31-33-35-37-39-41-43-45-47-49-51-54-57-69-61-65-71(66-62-69)75-73(59-12-8-4)74(60-56-53-18-15-11-7-3)76-72-67-63-70(64-68-72)58-55-52-50-48-46-44-42-40-38-36-34-32-30-28-26-24-22-20-17-14-10-6-2/h61-68H,5-60H2,1-4H3. The lowest BCUT2D eigenvalue weighted by atomic mass is 10.0. The number of aryl methyl sites for hydroxylation is 2. The van der Waals surface area contributed by atoms with Crippen molar-refractivity contribution in [2.24, 2.45) is 9.98 Å². The summed E-state index contributed by atoms with van der Waals surface area (Å²) in [6.07, 6.45) is 77.9. The zero-order valence-corrected chi connectivity index (χ0v) is 52.1. The molecule has 0 fully saturated rings. The molecule has 76 heavy (non-hydrogen) atoms. The third-order valence-corrected chi connectivity index (χ3v) is 16.9. The largest absolute Gasteiger partial charge is 0.252 e. The highest BCUT2D eigenvalue weighted by Crippen LogP contribution is 2.24. The Morgan fingerprint density at radius 3 is 0.618 bits per heavy atom. The average Bonchev–Trinajstić information content (AvgIpc) is 3.44. The molecule has 2 aromatic carbocycles. The highest BCUT2D eigenvalue weighted by atomic mass is 14.8. The van der Waals surface area contributed by atoms with E-state index in [0.717, 1.165) is 30.6 Å². The number of unbranched alkanes of at least 4 members (excludes halogenated alkanes) is 48. The molecule has 0 saturated heterocycles. The molecule has 0 unspecified atom stereocenters. The molecule has 438 valence electrons. The lowest BCUT2D eigenvalue weighted by Gasteiger charge is -2.12. The Morgan fingerprint density at radius 1 is 0.211 bits per heavy atom. The second-order valence-corrected chi connectivity index (χ2v) is 24.4. The zero-order chi connectivity index (χ0) is 54.1. The lowest BCUT2D eigenvalue weighted by Crippen LogP contribution is -2.14. The molecule has 2 nitrogen and oxygen atoms in total. The average molecular weight is 1050 g/mol. The normalized spacial score (nSPS) is 12.2. The van der Waals surface area contributed by atoms with Crippen LogP contribution in [0.5, 0.6) is 0 Å². The number of hydrogen-bond acceptors (Lipinski definition) is 2. The summed E-state index contributed by atoms with van der Waals surface area (Å²) < 4.78 is 0. The molecule has 0 amide bonds. The smallest absolute Gasteiger partial charge is 0.0633 e.